The highest BCUT2D eigenvalue weighted by atomic mass is 19.1. The average molecular weight is 240 g/mol. The van der Waals surface area contributed by atoms with Crippen LogP contribution in [0.5, 0.6) is 0 Å². The number of nitrogens with one attached hydrogen (secondary N) is 1. The van der Waals surface area contributed by atoms with E-state index in [-0.39, 0.29) is 12.4 Å². The van der Waals surface area contributed by atoms with Crippen molar-refractivity contribution < 1.29 is 14.3 Å². The van der Waals surface area contributed by atoms with Crippen molar-refractivity contribution in [3.63, 3.8) is 0 Å². The van der Waals surface area contributed by atoms with Crippen LogP contribution in [0, 0.1) is 12.7 Å². The number of hydrogen-bond donors (Lipinski definition) is 3. The summed E-state index contributed by atoms with van der Waals surface area (Å²) in [5, 5.41) is 11.7. The van der Waals surface area contributed by atoms with Crippen LogP contribution in [0.4, 0.5) is 4.39 Å². The predicted molar refractivity (Wildman–Crippen MR) is 62.9 cm³/mol. The van der Waals surface area contributed by atoms with E-state index in [1.807, 2.05) is 0 Å². The van der Waals surface area contributed by atoms with Crippen LogP contribution in [0.25, 0.3) is 0 Å². The Morgan fingerprint density at radius 1 is 1.59 bits per heavy atom. The number of aryl methyl sites for hydroxylation is 1. The van der Waals surface area contributed by atoms with Crippen molar-refractivity contribution in [3.8, 4) is 0 Å². The number of amides is 1. The maximum atomic E-state index is 13.0. The molecule has 0 heterocycles. The molecule has 0 aliphatic carbocycles. The van der Waals surface area contributed by atoms with Crippen LogP contribution in [-0.4, -0.2) is 30.2 Å². The van der Waals surface area contributed by atoms with Crippen molar-refractivity contribution in [2.24, 2.45) is 5.73 Å². The molecule has 0 spiro atoms. The molecule has 0 saturated heterocycles. The minimum absolute atomic E-state index is 0.0957. The molecule has 1 atom stereocenters. The summed E-state index contributed by atoms with van der Waals surface area (Å²) in [5.41, 5.74) is 6.66. The third kappa shape index (κ3) is 4.13. The number of rotatable bonds is 5. The molecule has 1 aromatic carbocycles. The summed E-state index contributed by atoms with van der Waals surface area (Å²) in [4.78, 5) is 11.2. The Morgan fingerprint density at radius 3 is 2.88 bits per heavy atom. The lowest BCUT2D eigenvalue weighted by atomic mass is 10.1. The number of carbonyl (C=O) groups is 1. The molecule has 94 valence electrons. The van der Waals surface area contributed by atoms with Crippen molar-refractivity contribution in [1.29, 1.82) is 0 Å². The van der Waals surface area contributed by atoms with Gasteiger partial charge in [0.2, 0.25) is 5.91 Å². The highest BCUT2D eigenvalue weighted by Crippen LogP contribution is 2.09. The fraction of sp³-hybridized carbons (Fsp3) is 0.417. The summed E-state index contributed by atoms with van der Waals surface area (Å²) in [6.07, 6.45) is -0.575. The molecule has 1 unspecified atom stereocenters. The van der Waals surface area contributed by atoms with E-state index in [1.54, 1.807) is 19.1 Å². The first-order valence-corrected chi connectivity index (χ1v) is 5.45. The lowest BCUT2D eigenvalue weighted by molar-refractivity contribution is -0.128. The van der Waals surface area contributed by atoms with Crippen molar-refractivity contribution in [1.82, 2.24) is 5.32 Å². The molecule has 0 aliphatic rings. The van der Waals surface area contributed by atoms with Gasteiger partial charge >= 0.3 is 0 Å². The van der Waals surface area contributed by atoms with Crippen LogP contribution in [0.1, 0.15) is 11.1 Å². The number of halogens is 1. The van der Waals surface area contributed by atoms with Gasteiger partial charge in [0.05, 0.1) is 0 Å². The number of carbonyl (C=O) groups excluding carboxylic acids is 1. The minimum atomic E-state index is -1.16. The zero-order valence-electron chi connectivity index (χ0n) is 9.74. The first-order valence-electron chi connectivity index (χ1n) is 5.45. The average Bonchev–Trinajstić information content (AvgIpc) is 2.32. The van der Waals surface area contributed by atoms with Crippen LogP contribution >= 0.6 is 0 Å². The van der Waals surface area contributed by atoms with Crippen LogP contribution < -0.4 is 11.1 Å². The standard InChI is InChI=1S/C12H17FN2O2/c1-8-6-9(2-3-10(8)13)4-5-15-12(17)11(16)7-14/h2-3,6,11,16H,4-5,7,14H2,1H3,(H,15,17). The van der Waals surface area contributed by atoms with Crippen LogP contribution in [-0.2, 0) is 11.2 Å². The number of benzene rings is 1. The second kappa shape index (κ2) is 6.32. The zero-order chi connectivity index (χ0) is 12.8. The van der Waals surface area contributed by atoms with Gasteiger partial charge < -0.3 is 16.2 Å². The molecular weight excluding hydrogens is 223 g/mol. The van der Waals surface area contributed by atoms with E-state index in [2.05, 4.69) is 5.32 Å². The van der Waals surface area contributed by atoms with Gasteiger partial charge in [0.25, 0.3) is 0 Å². The Morgan fingerprint density at radius 2 is 2.29 bits per heavy atom. The van der Waals surface area contributed by atoms with Gasteiger partial charge in [-0.3, -0.25) is 4.79 Å². The molecule has 0 aliphatic heterocycles. The largest absolute Gasteiger partial charge is 0.382 e. The molecule has 4 nitrogen and oxygen atoms in total. The van der Waals surface area contributed by atoms with E-state index < -0.39 is 12.0 Å². The monoisotopic (exact) mass is 240 g/mol. The van der Waals surface area contributed by atoms with Crippen molar-refractivity contribution in [3.05, 3.63) is 35.1 Å². The maximum Gasteiger partial charge on any atom is 0.250 e. The molecule has 4 N–H and O–H groups in total. The highest BCUT2D eigenvalue weighted by molar-refractivity contribution is 5.80. The van der Waals surface area contributed by atoms with E-state index in [0.29, 0.717) is 18.5 Å². The van der Waals surface area contributed by atoms with Gasteiger partial charge in [-0.05, 0) is 30.5 Å². The molecule has 0 saturated carbocycles. The Kier molecular flexibility index (Phi) is 5.06. The quantitative estimate of drug-likeness (QED) is 0.684. The summed E-state index contributed by atoms with van der Waals surface area (Å²) in [6, 6.07) is 4.82. The molecule has 0 fully saturated rings. The van der Waals surface area contributed by atoms with Crippen LogP contribution in [0.3, 0.4) is 0 Å². The molecule has 0 bridgehead atoms. The summed E-state index contributed by atoms with van der Waals surface area (Å²) in [7, 11) is 0. The van der Waals surface area contributed by atoms with Gasteiger partial charge in [-0.1, -0.05) is 12.1 Å². The Balaban J connectivity index is 2.41. The Labute approximate surface area is 99.6 Å². The second-order valence-electron chi connectivity index (χ2n) is 3.88. The molecule has 17 heavy (non-hydrogen) atoms. The molecule has 5 heteroatoms. The third-order valence-electron chi connectivity index (χ3n) is 2.46. The number of hydrogen-bond acceptors (Lipinski definition) is 3. The van der Waals surface area contributed by atoms with E-state index >= 15 is 0 Å². The molecule has 1 rings (SSSR count). The predicted octanol–water partition coefficient (Wildman–Crippen LogP) is 0.112. The Hall–Kier alpha value is -1.46. The maximum absolute atomic E-state index is 13.0. The van der Waals surface area contributed by atoms with Crippen LogP contribution in [0.2, 0.25) is 0 Å². The molecule has 1 aromatic rings. The smallest absolute Gasteiger partial charge is 0.250 e. The van der Waals surface area contributed by atoms with Gasteiger partial charge in [0, 0.05) is 13.1 Å². The SMILES string of the molecule is Cc1cc(CCNC(=O)C(O)CN)ccc1F. The zero-order valence-corrected chi connectivity index (χ0v) is 9.74. The van der Waals surface area contributed by atoms with Gasteiger partial charge in [-0.2, -0.15) is 0 Å². The Bertz CT molecular complexity index is 396. The van der Waals surface area contributed by atoms with Crippen molar-refractivity contribution in [2.45, 2.75) is 19.4 Å². The van der Waals surface area contributed by atoms with E-state index in [9.17, 15) is 9.18 Å². The topological polar surface area (TPSA) is 75.3 Å². The van der Waals surface area contributed by atoms with Crippen molar-refractivity contribution in [2.75, 3.05) is 13.1 Å². The van der Waals surface area contributed by atoms with Gasteiger partial charge in [-0.25, -0.2) is 4.39 Å². The highest BCUT2D eigenvalue weighted by Gasteiger charge is 2.11. The van der Waals surface area contributed by atoms with Gasteiger partial charge in [0.15, 0.2) is 0 Å². The number of aliphatic hydroxyl groups is 1. The van der Waals surface area contributed by atoms with E-state index in [0.717, 1.165) is 5.56 Å². The van der Waals surface area contributed by atoms with Crippen LogP contribution in [0.15, 0.2) is 18.2 Å². The summed E-state index contributed by atoms with van der Waals surface area (Å²) < 4.78 is 13.0. The first kappa shape index (κ1) is 13.6. The molecule has 0 aromatic heterocycles. The summed E-state index contributed by atoms with van der Waals surface area (Å²) in [5.74, 6) is -0.720. The fourth-order valence-corrected chi connectivity index (χ4v) is 1.42. The van der Waals surface area contributed by atoms with E-state index in [1.165, 1.54) is 6.07 Å². The van der Waals surface area contributed by atoms with Gasteiger partial charge in [0.1, 0.15) is 11.9 Å². The lowest BCUT2D eigenvalue weighted by Gasteiger charge is -2.09. The third-order valence-corrected chi connectivity index (χ3v) is 2.46. The van der Waals surface area contributed by atoms with Crippen molar-refractivity contribution >= 4 is 5.91 Å². The first-order chi connectivity index (χ1) is 8.04. The van der Waals surface area contributed by atoms with Gasteiger partial charge in [-0.15, -0.1) is 0 Å². The summed E-state index contributed by atoms with van der Waals surface area (Å²) in [6.45, 7) is 1.98. The normalized spacial score (nSPS) is 12.2. The van der Waals surface area contributed by atoms with E-state index in [4.69, 9.17) is 10.8 Å². The summed E-state index contributed by atoms with van der Waals surface area (Å²) >= 11 is 0. The molecular formula is C12H17FN2O2. The lowest BCUT2D eigenvalue weighted by Crippen LogP contribution is -2.39. The second-order valence-corrected chi connectivity index (χ2v) is 3.88. The number of nitrogens with two attached hydrogens (primary N) is 1. The molecule has 0 radical (unpaired) electrons. The minimum Gasteiger partial charge on any atom is -0.382 e. The molecule has 1 amide bonds. The fourth-order valence-electron chi connectivity index (χ4n) is 1.42. The number of aliphatic hydroxyl groups excluding tert-OH is 1.